The molecule has 2 N–H and O–H groups in total. The van der Waals surface area contributed by atoms with Crippen molar-refractivity contribution in [2.24, 2.45) is 5.18 Å². The Morgan fingerprint density at radius 3 is 2.39 bits per heavy atom. The van der Waals surface area contributed by atoms with Crippen molar-refractivity contribution in [3.63, 3.8) is 0 Å². The molecule has 0 aliphatic heterocycles. The van der Waals surface area contributed by atoms with Crippen molar-refractivity contribution < 1.29 is 5.11 Å². The van der Waals surface area contributed by atoms with Gasteiger partial charge in [-0.1, -0.05) is 37.6 Å². The minimum atomic E-state index is 0.389. The third kappa shape index (κ3) is 4.84. The molecule has 1 aromatic carbocycles. The summed E-state index contributed by atoms with van der Waals surface area (Å²) >= 11 is 5.97. The number of pyridine rings is 1. The summed E-state index contributed by atoms with van der Waals surface area (Å²) in [6.07, 6.45) is 2.27. The van der Waals surface area contributed by atoms with Crippen LogP contribution in [0.4, 0.5) is 5.69 Å². The van der Waals surface area contributed by atoms with E-state index < -0.39 is 0 Å². The Kier molecular flexibility index (Phi) is 7.87. The van der Waals surface area contributed by atoms with Crippen molar-refractivity contribution >= 4 is 28.3 Å². The van der Waals surface area contributed by atoms with Crippen molar-refractivity contribution in [2.75, 3.05) is 7.11 Å². The van der Waals surface area contributed by atoms with Crippen LogP contribution in [0, 0.1) is 4.91 Å². The number of hydrogen-bond acceptors (Lipinski definition) is 5. The maximum absolute atomic E-state index is 10.3. The van der Waals surface area contributed by atoms with Gasteiger partial charge < -0.3 is 10.1 Å². The topological polar surface area (TPSA) is 91.2 Å². The lowest BCUT2D eigenvalue weighted by molar-refractivity contribution is 0.399. The lowest BCUT2D eigenvalue weighted by atomic mass is 10.1. The number of halogens is 1. The maximum Gasteiger partial charge on any atom is 0.156 e. The zero-order chi connectivity index (χ0) is 17.2. The van der Waals surface area contributed by atoms with Gasteiger partial charge in [-0.25, -0.2) is 9.97 Å². The summed E-state index contributed by atoms with van der Waals surface area (Å²) in [5.41, 5.74) is 2.99. The number of fused-ring (bicyclic) bond motifs is 1. The maximum atomic E-state index is 10.3. The van der Waals surface area contributed by atoms with E-state index in [0.29, 0.717) is 22.8 Å². The number of aromatic nitrogens is 3. The third-order valence-corrected chi connectivity index (χ3v) is 3.10. The van der Waals surface area contributed by atoms with Gasteiger partial charge in [-0.3, -0.25) is 0 Å². The van der Waals surface area contributed by atoms with Crippen LogP contribution in [0.2, 0.25) is 5.15 Å². The Bertz CT molecular complexity index is 741. The molecule has 2 aromatic heterocycles. The van der Waals surface area contributed by atoms with Crippen LogP contribution in [0.1, 0.15) is 25.2 Å². The van der Waals surface area contributed by atoms with Crippen LogP contribution in [0.5, 0.6) is 0 Å². The quantitative estimate of drug-likeness (QED) is 0.553. The first-order valence-corrected chi connectivity index (χ1v) is 7.50. The van der Waals surface area contributed by atoms with Gasteiger partial charge in [-0.05, 0) is 28.9 Å². The second kappa shape index (κ2) is 9.66. The van der Waals surface area contributed by atoms with E-state index in [9.17, 15) is 4.91 Å². The molecule has 122 valence electrons. The van der Waals surface area contributed by atoms with Crippen LogP contribution >= 0.6 is 11.6 Å². The lowest BCUT2D eigenvalue weighted by Gasteiger charge is -1.97. The minimum Gasteiger partial charge on any atom is -0.400 e. The molecule has 0 amide bonds. The molecule has 3 rings (SSSR count). The van der Waals surface area contributed by atoms with Gasteiger partial charge in [0.15, 0.2) is 5.15 Å². The highest BCUT2D eigenvalue weighted by Gasteiger charge is 2.07. The fourth-order valence-electron chi connectivity index (χ4n) is 1.91. The van der Waals surface area contributed by atoms with Crippen LogP contribution in [0.15, 0.2) is 41.7 Å². The van der Waals surface area contributed by atoms with Gasteiger partial charge in [0.2, 0.25) is 0 Å². The number of aliphatic hydroxyl groups excluding tert-OH is 1. The van der Waals surface area contributed by atoms with Crippen molar-refractivity contribution in [3.05, 3.63) is 58.0 Å². The van der Waals surface area contributed by atoms with E-state index in [0.717, 1.165) is 24.0 Å². The molecular weight excluding hydrogens is 316 g/mol. The highest BCUT2D eigenvalue weighted by molar-refractivity contribution is 6.33. The Morgan fingerprint density at radius 1 is 1.17 bits per heavy atom. The van der Waals surface area contributed by atoms with E-state index in [4.69, 9.17) is 16.7 Å². The minimum absolute atomic E-state index is 0.389. The molecule has 2 heterocycles. The second-order valence-corrected chi connectivity index (χ2v) is 4.47. The molecule has 0 bridgehead atoms. The van der Waals surface area contributed by atoms with Gasteiger partial charge in [0, 0.05) is 19.7 Å². The highest BCUT2D eigenvalue weighted by Crippen LogP contribution is 2.20. The second-order valence-electron chi connectivity index (χ2n) is 4.12. The van der Waals surface area contributed by atoms with Crippen molar-refractivity contribution in [3.8, 4) is 0 Å². The van der Waals surface area contributed by atoms with Gasteiger partial charge in [0.25, 0.3) is 0 Å². The first-order valence-electron chi connectivity index (χ1n) is 7.12. The van der Waals surface area contributed by atoms with E-state index in [1.807, 2.05) is 32.0 Å². The highest BCUT2D eigenvalue weighted by atomic mass is 35.5. The molecule has 23 heavy (non-hydrogen) atoms. The molecule has 0 radical (unpaired) electrons. The predicted molar refractivity (Wildman–Crippen MR) is 93.1 cm³/mol. The lowest BCUT2D eigenvalue weighted by Crippen LogP contribution is -1.89. The molecule has 0 atom stereocenters. The van der Waals surface area contributed by atoms with Gasteiger partial charge in [0.05, 0.1) is 5.52 Å². The van der Waals surface area contributed by atoms with Crippen LogP contribution in [-0.2, 0) is 6.42 Å². The largest absolute Gasteiger partial charge is 0.400 e. The molecule has 0 saturated carbocycles. The number of nitrogens with one attached hydrogen (secondary N) is 1. The standard InChI is InChI=1S/C13H9ClN4O.C2H6.CH4O/c14-13-12-10(5-6-15-13)16-11(17-12)7-8-1-3-9(18-19)4-2-8;2*1-2/h1-6H,7H2,(H,16,17);1-2H3;2H,1H3. The molecule has 3 aromatic rings. The molecule has 0 saturated heterocycles. The summed E-state index contributed by atoms with van der Waals surface area (Å²) in [5, 5.41) is 10.3. The number of benzene rings is 1. The van der Waals surface area contributed by atoms with Crippen LogP contribution in [-0.4, -0.2) is 27.2 Å². The van der Waals surface area contributed by atoms with Crippen LogP contribution in [0.3, 0.4) is 0 Å². The van der Waals surface area contributed by atoms with Crippen molar-refractivity contribution in [2.45, 2.75) is 20.3 Å². The van der Waals surface area contributed by atoms with Crippen molar-refractivity contribution in [1.82, 2.24) is 15.0 Å². The smallest absolute Gasteiger partial charge is 0.156 e. The van der Waals surface area contributed by atoms with Crippen molar-refractivity contribution in [1.29, 1.82) is 0 Å². The average molecular weight is 335 g/mol. The summed E-state index contributed by atoms with van der Waals surface area (Å²) in [5.74, 6) is 0.803. The molecule has 6 nitrogen and oxygen atoms in total. The number of hydrogen-bond donors (Lipinski definition) is 2. The molecule has 0 spiro atoms. The number of imidazole rings is 1. The summed E-state index contributed by atoms with van der Waals surface area (Å²) in [6.45, 7) is 4.00. The number of rotatable bonds is 3. The monoisotopic (exact) mass is 334 g/mol. The number of nitroso groups, excluding NO2 is 1. The van der Waals surface area contributed by atoms with Gasteiger partial charge in [0.1, 0.15) is 17.0 Å². The van der Waals surface area contributed by atoms with E-state index in [2.05, 4.69) is 20.1 Å². The Hall–Kier alpha value is -2.31. The van der Waals surface area contributed by atoms with Gasteiger partial charge in [-0.15, -0.1) is 4.91 Å². The fraction of sp³-hybridized carbons (Fsp3) is 0.250. The van der Waals surface area contributed by atoms with Gasteiger partial charge >= 0.3 is 0 Å². The average Bonchev–Trinajstić information content (AvgIpc) is 3.03. The number of H-pyrrole nitrogens is 1. The molecule has 0 aliphatic carbocycles. The Morgan fingerprint density at radius 2 is 1.83 bits per heavy atom. The number of aromatic amines is 1. The zero-order valence-electron chi connectivity index (χ0n) is 13.2. The number of nitrogens with zero attached hydrogens (tertiary/aromatic N) is 3. The molecule has 0 aliphatic rings. The molecular formula is C16H19ClN4O2. The third-order valence-electron chi connectivity index (χ3n) is 2.82. The zero-order valence-corrected chi connectivity index (χ0v) is 14.0. The summed E-state index contributed by atoms with van der Waals surface area (Å²) < 4.78 is 0. The Labute approximate surface area is 139 Å². The summed E-state index contributed by atoms with van der Waals surface area (Å²) in [7, 11) is 1.00. The molecule has 0 fully saturated rings. The first-order chi connectivity index (χ1) is 11.3. The van der Waals surface area contributed by atoms with Crippen LogP contribution in [0.25, 0.3) is 11.0 Å². The molecule has 0 unspecified atom stereocenters. The summed E-state index contributed by atoms with van der Waals surface area (Å²) in [6, 6.07) is 8.89. The first kappa shape index (κ1) is 18.7. The summed E-state index contributed by atoms with van der Waals surface area (Å²) in [4.78, 5) is 21.9. The van der Waals surface area contributed by atoms with E-state index in [1.54, 1.807) is 18.3 Å². The molecule has 7 heteroatoms. The SMILES string of the molecule is CC.CO.O=Nc1ccc(Cc2nc3c(Cl)nccc3[nH]2)cc1. The van der Waals surface area contributed by atoms with E-state index in [-0.39, 0.29) is 0 Å². The normalized spacial score (nSPS) is 9.43. The van der Waals surface area contributed by atoms with E-state index >= 15 is 0 Å². The van der Waals surface area contributed by atoms with Crippen LogP contribution < -0.4 is 0 Å². The van der Waals surface area contributed by atoms with E-state index in [1.165, 1.54) is 0 Å². The predicted octanol–water partition coefficient (Wildman–Crippen LogP) is 4.23. The number of aliphatic hydroxyl groups is 1. The fourth-order valence-corrected chi connectivity index (χ4v) is 2.11. The van der Waals surface area contributed by atoms with Gasteiger partial charge in [-0.2, -0.15) is 0 Å². The Balaban J connectivity index is 0.000000615.